The Morgan fingerprint density at radius 2 is 0.806 bits per heavy atom. The summed E-state index contributed by atoms with van der Waals surface area (Å²) < 4.78 is 64.7. The molecule has 0 heterocycles. The Morgan fingerprint density at radius 3 is 1.00 bits per heavy atom. The number of nitrogens with one attached hydrogen (secondary N) is 2. The SMILES string of the molecule is CN=C(CCCCCCCCCCCCCC(=NC)NS(C)(=O)(O)O)NS(C)(=O)(O)O. The van der Waals surface area contributed by atoms with Gasteiger partial charge in [0.2, 0.25) is 0 Å². The van der Waals surface area contributed by atoms with Crippen molar-refractivity contribution in [2.75, 3.05) is 26.6 Å². The molecule has 0 unspecified atom stereocenters. The summed E-state index contributed by atoms with van der Waals surface area (Å²) in [5.41, 5.74) is 0. The third-order valence-corrected chi connectivity index (χ3v) is 5.98. The fraction of sp³-hybridized carbons (Fsp3) is 0.895. The van der Waals surface area contributed by atoms with Crippen molar-refractivity contribution in [1.82, 2.24) is 9.44 Å². The van der Waals surface area contributed by atoms with E-state index in [1.807, 2.05) is 0 Å². The van der Waals surface area contributed by atoms with E-state index in [2.05, 4.69) is 19.4 Å². The normalized spacial score (nSPS) is 16.3. The first-order chi connectivity index (χ1) is 14.1. The molecule has 6 N–H and O–H groups in total. The lowest BCUT2D eigenvalue weighted by atomic mass is 10.0. The summed E-state index contributed by atoms with van der Waals surface area (Å²) in [5.74, 6) is 0.682. The molecular weight excluding hydrogens is 444 g/mol. The molecule has 0 atom stereocenters. The first kappa shape index (κ1) is 30.1. The largest absolute Gasteiger partial charge is 0.293 e. The molecule has 0 amide bonds. The molecule has 0 radical (unpaired) electrons. The highest BCUT2D eigenvalue weighted by Crippen LogP contribution is 2.14. The van der Waals surface area contributed by atoms with Crippen LogP contribution >= 0.6 is 0 Å². The van der Waals surface area contributed by atoms with E-state index in [0.29, 0.717) is 24.5 Å². The smallest absolute Gasteiger partial charge is 0.154 e. The van der Waals surface area contributed by atoms with Crippen LogP contribution in [0.15, 0.2) is 9.98 Å². The summed E-state index contributed by atoms with van der Waals surface area (Å²) in [4.78, 5) is 7.82. The van der Waals surface area contributed by atoms with Crippen LogP contribution in [0.1, 0.15) is 83.5 Å². The van der Waals surface area contributed by atoms with Gasteiger partial charge in [0.25, 0.3) is 0 Å². The lowest BCUT2D eigenvalue weighted by molar-refractivity contribution is 0.389. The van der Waals surface area contributed by atoms with Crippen molar-refractivity contribution >= 4 is 31.3 Å². The van der Waals surface area contributed by atoms with E-state index < -0.39 is 19.6 Å². The average molecular weight is 489 g/mol. The highest BCUT2D eigenvalue weighted by molar-refractivity contribution is 8.08. The molecule has 31 heavy (non-hydrogen) atoms. The Labute approximate surface area is 187 Å². The van der Waals surface area contributed by atoms with Gasteiger partial charge in [0, 0.05) is 26.9 Å². The highest BCUT2D eigenvalue weighted by atomic mass is 32.3. The zero-order valence-electron chi connectivity index (χ0n) is 19.5. The minimum absolute atomic E-state index is 0.341. The number of amidine groups is 2. The quantitative estimate of drug-likeness (QED) is 0.109. The van der Waals surface area contributed by atoms with E-state index in [-0.39, 0.29) is 0 Å². The molecular formula is C19H44N4O6S2. The van der Waals surface area contributed by atoms with Crippen LogP contribution in [0.5, 0.6) is 0 Å². The third-order valence-electron chi connectivity index (χ3n) is 4.57. The van der Waals surface area contributed by atoms with Gasteiger partial charge in [-0.25, -0.2) is 8.42 Å². The first-order valence-corrected chi connectivity index (χ1v) is 15.4. The predicted octanol–water partition coefficient (Wildman–Crippen LogP) is 3.92. The number of rotatable bonds is 16. The third kappa shape index (κ3) is 22.1. The van der Waals surface area contributed by atoms with Gasteiger partial charge in [-0.3, -0.25) is 37.6 Å². The van der Waals surface area contributed by atoms with Crippen LogP contribution in [0.2, 0.25) is 0 Å². The fourth-order valence-electron chi connectivity index (χ4n) is 3.14. The van der Waals surface area contributed by atoms with Crippen LogP contribution in [-0.4, -0.2) is 64.9 Å². The Morgan fingerprint density at radius 1 is 0.581 bits per heavy atom. The van der Waals surface area contributed by atoms with Crippen molar-refractivity contribution in [1.29, 1.82) is 0 Å². The molecule has 0 spiro atoms. The maximum Gasteiger partial charge on any atom is 0.154 e. The molecule has 0 aromatic rings. The number of aliphatic imine (C=N–C) groups is 2. The van der Waals surface area contributed by atoms with Crippen molar-refractivity contribution in [2.24, 2.45) is 9.98 Å². The first-order valence-electron chi connectivity index (χ1n) is 10.8. The van der Waals surface area contributed by atoms with E-state index in [9.17, 15) is 26.6 Å². The van der Waals surface area contributed by atoms with Crippen molar-refractivity contribution < 1.29 is 26.6 Å². The van der Waals surface area contributed by atoms with Gasteiger partial charge in [-0.05, 0) is 12.8 Å². The Balaban J connectivity index is 3.63. The summed E-state index contributed by atoms with van der Waals surface area (Å²) in [6.07, 6.45) is 14.5. The summed E-state index contributed by atoms with van der Waals surface area (Å²) in [5, 5.41) is 0. The second-order valence-electron chi connectivity index (χ2n) is 8.40. The van der Waals surface area contributed by atoms with Crippen LogP contribution in [0.25, 0.3) is 0 Å². The van der Waals surface area contributed by atoms with E-state index >= 15 is 0 Å². The monoisotopic (exact) mass is 488 g/mol. The van der Waals surface area contributed by atoms with Crippen LogP contribution in [0.3, 0.4) is 0 Å². The molecule has 0 aliphatic carbocycles. The van der Waals surface area contributed by atoms with Crippen molar-refractivity contribution in [3.05, 3.63) is 0 Å². The van der Waals surface area contributed by atoms with Gasteiger partial charge in [0.1, 0.15) is 11.7 Å². The van der Waals surface area contributed by atoms with E-state index in [1.54, 1.807) is 0 Å². The predicted molar refractivity (Wildman–Crippen MR) is 132 cm³/mol. The molecule has 0 saturated heterocycles. The molecule has 0 fully saturated rings. The van der Waals surface area contributed by atoms with Gasteiger partial charge >= 0.3 is 0 Å². The molecule has 0 aromatic heterocycles. The molecule has 0 aromatic carbocycles. The minimum atomic E-state index is -4.76. The van der Waals surface area contributed by atoms with Crippen LogP contribution in [0.4, 0.5) is 0 Å². The number of unbranched alkanes of at least 4 members (excludes halogenated alkanes) is 10. The van der Waals surface area contributed by atoms with E-state index in [1.165, 1.54) is 33.4 Å². The molecule has 0 bridgehead atoms. The van der Waals surface area contributed by atoms with Gasteiger partial charge in [0.05, 0.1) is 12.5 Å². The van der Waals surface area contributed by atoms with E-state index in [0.717, 1.165) is 63.9 Å². The van der Waals surface area contributed by atoms with Gasteiger partial charge in [0.15, 0.2) is 19.6 Å². The molecule has 12 heteroatoms. The summed E-state index contributed by atoms with van der Waals surface area (Å²) in [6.45, 7) is 0. The maximum atomic E-state index is 11.5. The standard InChI is InChI=1S/C19H44N4O6S2/c1-20-18(22-30(3,24,25)26)16-14-12-10-8-6-5-7-9-11-13-15-17-19(21-2)23-31(4,27,28)29/h5-17H2,1-4H3,(H3,20,22,24,25,26)(H3,21,23,27,28,29). The van der Waals surface area contributed by atoms with E-state index in [4.69, 9.17) is 0 Å². The Bertz CT molecular complexity index is 645. The second kappa shape index (κ2) is 12.9. The second-order valence-corrected chi connectivity index (χ2v) is 13.7. The molecule has 0 rings (SSSR count). The molecule has 0 aliphatic rings. The van der Waals surface area contributed by atoms with Crippen LogP contribution < -0.4 is 9.44 Å². The van der Waals surface area contributed by atoms with Crippen molar-refractivity contribution in [2.45, 2.75) is 83.5 Å². The number of hydrogen-bond donors (Lipinski definition) is 6. The van der Waals surface area contributed by atoms with Gasteiger partial charge in [-0.15, -0.1) is 0 Å². The summed E-state index contributed by atoms with van der Waals surface area (Å²) in [6, 6.07) is 0. The number of hydrogen-bond acceptors (Lipinski definition) is 4. The van der Waals surface area contributed by atoms with Crippen LogP contribution in [0, 0.1) is 0 Å². The molecule has 0 saturated carbocycles. The van der Waals surface area contributed by atoms with Gasteiger partial charge in [-0.2, -0.15) is 0 Å². The minimum Gasteiger partial charge on any atom is -0.293 e. The molecule has 188 valence electrons. The van der Waals surface area contributed by atoms with Crippen molar-refractivity contribution in [3.8, 4) is 0 Å². The average Bonchev–Trinajstić information content (AvgIpc) is 2.60. The van der Waals surface area contributed by atoms with Gasteiger partial charge < -0.3 is 0 Å². The lowest BCUT2D eigenvalue weighted by Crippen LogP contribution is -2.48. The maximum absolute atomic E-state index is 11.5. The van der Waals surface area contributed by atoms with Crippen LogP contribution in [-0.2, 0) is 19.6 Å². The Hall–Kier alpha value is -0.920. The zero-order chi connectivity index (χ0) is 24.1. The fourth-order valence-corrected chi connectivity index (χ4v) is 4.61. The molecule has 10 nitrogen and oxygen atoms in total. The zero-order valence-corrected chi connectivity index (χ0v) is 21.1. The lowest BCUT2D eigenvalue weighted by Gasteiger charge is -2.28. The van der Waals surface area contributed by atoms with Gasteiger partial charge in [-0.1, -0.05) is 57.8 Å². The Kier molecular flexibility index (Phi) is 12.6. The number of nitrogens with zero attached hydrogens (tertiary/aromatic N) is 2. The topological polar surface area (TPSA) is 164 Å². The molecule has 0 aliphatic heterocycles. The highest BCUT2D eigenvalue weighted by Gasteiger charge is 2.23. The summed E-state index contributed by atoms with van der Waals surface area (Å²) >= 11 is 0. The van der Waals surface area contributed by atoms with Crippen molar-refractivity contribution in [3.63, 3.8) is 0 Å². The summed E-state index contributed by atoms with van der Waals surface area (Å²) in [7, 11) is -6.46.